The van der Waals surface area contributed by atoms with Crippen molar-refractivity contribution in [3.05, 3.63) is 83.2 Å². The van der Waals surface area contributed by atoms with E-state index >= 15 is 0 Å². The molecule has 0 heterocycles. The van der Waals surface area contributed by atoms with Gasteiger partial charge in [0.15, 0.2) is 0 Å². The molecule has 2 aromatic carbocycles. The summed E-state index contributed by atoms with van der Waals surface area (Å²) in [5.74, 6) is 1.30. The molecule has 2 aliphatic rings. The average Bonchev–Trinajstić information content (AvgIpc) is 2.89. The minimum Gasteiger partial charge on any atom is -0.316 e. The lowest BCUT2D eigenvalue weighted by atomic mass is 9.78. The molecule has 0 amide bonds. The molecule has 2 saturated carbocycles. The Morgan fingerprint density at radius 1 is 0.886 bits per heavy atom. The van der Waals surface area contributed by atoms with E-state index in [1.54, 1.807) is 6.07 Å². The first-order chi connectivity index (χ1) is 16.9. The minimum absolute atomic E-state index is 0.166. The van der Waals surface area contributed by atoms with Crippen molar-refractivity contribution in [2.45, 2.75) is 89.1 Å². The standard InChI is InChI=1S/C31H39F3O/c1-3-22-5-11-25(12-6-22)26-15-9-24(10-16-26)19-20-35-31(33,34)29-18-17-28(21-30(29)32)27-13-7-23(4-2)8-14-27/h4,9-10,15-18,21-23,25,27H,2-3,5-8,11-14,19-20H2,1H3. The molecule has 0 bridgehead atoms. The van der Waals surface area contributed by atoms with E-state index in [-0.39, 0.29) is 12.5 Å². The Kier molecular flexibility index (Phi) is 8.75. The van der Waals surface area contributed by atoms with Crippen LogP contribution in [0.5, 0.6) is 0 Å². The second-order valence-corrected chi connectivity index (χ2v) is 10.6. The molecule has 4 heteroatoms. The van der Waals surface area contributed by atoms with Gasteiger partial charge in [0.2, 0.25) is 0 Å². The van der Waals surface area contributed by atoms with Gasteiger partial charge in [-0.2, -0.15) is 8.78 Å². The molecular formula is C31H39F3O. The molecule has 0 N–H and O–H groups in total. The number of hydrogen-bond donors (Lipinski definition) is 0. The summed E-state index contributed by atoms with van der Waals surface area (Å²) in [6.45, 7) is 5.95. The molecule has 0 atom stereocenters. The predicted octanol–water partition coefficient (Wildman–Crippen LogP) is 9.28. The maximum Gasteiger partial charge on any atom is 0.386 e. The normalized spacial score (nSPS) is 25.4. The molecule has 2 fully saturated rings. The van der Waals surface area contributed by atoms with Crippen LogP contribution >= 0.6 is 0 Å². The monoisotopic (exact) mass is 484 g/mol. The molecule has 4 rings (SSSR count). The summed E-state index contributed by atoms with van der Waals surface area (Å²) in [5.41, 5.74) is 2.42. The smallest absolute Gasteiger partial charge is 0.316 e. The number of rotatable bonds is 9. The zero-order chi connectivity index (χ0) is 24.8. The Morgan fingerprint density at radius 2 is 1.49 bits per heavy atom. The Morgan fingerprint density at radius 3 is 2.09 bits per heavy atom. The highest BCUT2D eigenvalue weighted by Crippen LogP contribution is 2.39. The van der Waals surface area contributed by atoms with Gasteiger partial charge in [-0.05, 0) is 110 Å². The maximum atomic E-state index is 14.7. The van der Waals surface area contributed by atoms with Crippen LogP contribution in [0.15, 0.2) is 55.1 Å². The van der Waals surface area contributed by atoms with Gasteiger partial charge < -0.3 is 4.74 Å². The van der Waals surface area contributed by atoms with Crippen LogP contribution in [0.25, 0.3) is 0 Å². The molecule has 190 valence electrons. The third-order valence-electron chi connectivity index (χ3n) is 8.43. The third kappa shape index (κ3) is 6.58. The first kappa shape index (κ1) is 26.0. The number of halogens is 3. The van der Waals surface area contributed by atoms with Crippen molar-refractivity contribution < 1.29 is 17.9 Å². The highest BCUT2D eigenvalue weighted by atomic mass is 19.3. The summed E-state index contributed by atoms with van der Waals surface area (Å²) >= 11 is 0. The van der Waals surface area contributed by atoms with Gasteiger partial charge in [0.05, 0.1) is 12.2 Å². The quantitative estimate of drug-likeness (QED) is 0.322. The topological polar surface area (TPSA) is 9.23 Å². The van der Waals surface area contributed by atoms with E-state index in [0.717, 1.165) is 42.7 Å². The largest absolute Gasteiger partial charge is 0.386 e. The molecule has 35 heavy (non-hydrogen) atoms. The summed E-state index contributed by atoms with van der Waals surface area (Å²) in [5, 5.41) is 0. The van der Waals surface area contributed by atoms with Gasteiger partial charge in [-0.3, -0.25) is 0 Å². The van der Waals surface area contributed by atoms with Gasteiger partial charge in [-0.1, -0.05) is 49.8 Å². The van der Waals surface area contributed by atoms with Gasteiger partial charge in [-0.25, -0.2) is 4.39 Å². The van der Waals surface area contributed by atoms with Crippen LogP contribution in [0.1, 0.15) is 98.8 Å². The van der Waals surface area contributed by atoms with E-state index in [4.69, 9.17) is 4.74 Å². The molecule has 1 nitrogen and oxygen atoms in total. The van der Waals surface area contributed by atoms with Crippen molar-refractivity contribution in [1.82, 2.24) is 0 Å². The van der Waals surface area contributed by atoms with Gasteiger partial charge in [0.1, 0.15) is 5.82 Å². The van der Waals surface area contributed by atoms with Crippen LogP contribution in [0.3, 0.4) is 0 Å². The molecule has 2 aliphatic carbocycles. The van der Waals surface area contributed by atoms with Crippen LogP contribution < -0.4 is 0 Å². The molecular weight excluding hydrogens is 445 g/mol. The number of ether oxygens (including phenoxy) is 1. The Hall–Kier alpha value is -2.07. The average molecular weight is 485 g/mol. The summed E-state index contributed by atoms with van der Waals surface area (Å²) < 4.78 is 49.0. The maximum absolute atomic E-state index is 14.7. The van der Waals surface area contributed by atoms with E-state index in [2.05, 4.69) is 25.6 Å². The first-order valence-electron chi connectivity index (χ1n) is 13.4. The van der Waals surface area contributed by atoms with Crippen molar-refractivity contribution in [1.29, 1.82) is 0 Å². The summed E-state index contributed by atoms with van der Waals surface area (Å²) in [7, 11) is 0. The van der Waals surface area contributed by atoms with Crippen LogP contribution in [0, 0.1) is 17.7 Å². The summed E-state index contributed by atoms with van der Waals surface area (Å²) in [6.07, 6.45) is 8.89. The second kappa shape index (κ2) is 11.8. The van der Waals surface area contributed by atoms with Crippen molar-refractivity contribution in [2.75, 3.05) is 6.61 Å². The van der Waals surface area contributed by atoms with Crippen molar-refractivity contribution in [3.63, 3.8) is 0 Å². The van der Waals surface area contributed by atoms with Crippen LogP contribution in [0.4, 0.5) is 13.2 Å². The SMILES string of the molecule is C=CC1CCC(c2ccc(C(F)(F)OCCc3ccc(C4CCC(CC)CC4)cc3)c(F)c2)CC1. The van der Waals surface area contributed by atoms with Crippen molar-refractivity contribution in [3.8, 4) is 0 Å². The highest BCUT2D eigenvalue weighted by molar-refractivity contribution is 5.30. The van der Waals surface area contributed by atoms with Crippen LogP contribution in [-0.2, 0) is 17.3 Å². The third-order valence-corrected chi connectivity index (χ3v) is 8.43. The Bertz CT molecular complexity index is 952. The van der Waals surface area contributed by atoms with Gasteiger partial charge in [0.25, 0.3) is 0 Å². The molecule has 0 radical (unpaired) electrons. The molecule has 0 aliphatic heterocycles. The predicted molar refractivity (Wildman–Crippen MR) is 136 cm³/mol. The zero-order valence-corrected chi connectivity index (χ0v) is 21.0. The first-order valence-corrected chi connectivity index (χ1v) is 13.4. The van der Waals surface area contributed by atoms with Crippen LogP contribution in [-0.4, -0.2) is 6.61 Å². The van der Waals surface area contributed by atoms with E-state index < -0.39 is 17.5 Å². The van der Waals surface area contributed by atoms with Gasteiger partial charge >= 0.3 is 6.11 Å². The summed E-state index contributed by atoms with van der Waals surface area (Å²) in [6, 6.07) is 12.4. The number of allylic oxidation sites excluding steroid dienone is 1. The molecule has 2 aromatic rings. The number of alkyl halides is 2. The second-order valence-electron chi connectivity index (χ2n) is 10.6. The molecule has 0 aromatic heterocycles. The van der Waals surface area contributed by atoms with E-state index in [1.807, 2.05) is 18.2 Å². The molecule has 0 unspecified atom stereocenters. The lowest BCUT2D eigenvalue weighted by Gasteiger charge is -2.28. The van der Waals surface area contributed by atoms with Crippen molar-refractivity contribution >= 4 is 0 Å². The fourth-order valence-corrected chi connectivity index (χ4v) is 5.94. The van der Waals surface area contributed by atoms with Crippen LogP contribution in [0.2, 0.25) is 0 Å². The van der Waals surface area contributed by atoms with E-state index in [0.29, 0.717) is 18.3 Å². The fourth-order valence-electron chi connectivity index (χ4n) is 5.94. The van der Waals surface area contributed by atoms with Crippen molar-refractivity contribution in [2.24, 2.45) is 11.8 Å². The lowest BCUT2D eigenvalue weighted by Crippen LogP contribution is -2.22. The lowest BCUT2D eigenvalue weighted by molar-refractivity contribution is -0.249. The van der Waals surface area contributed by atoms with Gasteiger partial charge in [0, 0.05) is 0 Å². The molecule has 0 spiro atoms. The Labute approximate surface area is 208 Å². The fraction of sp³-hybridized carbons (Fsp3) is 0.548. The minimum atomic E-state index is -3.65. The number of hydrogen-bond acceptors (Lipinski definition) is 1. The van der Waals surface area contributed by atoms with E-state index in [9.17, 15) is 13.2 Å². The van der Waals surface area contributed by atoms with E-state index in [1.165, 1.54) is 49.8 Å². The number of benzene rings is 2. The highest BCUT2D eigenvalue weighted by Gasteiger charge is 2.36. The van der Waals surface area contributed by atoms with Gasteiger partial charge in [-0.15, -0.1) is 6.58 Å². The molecule has 0 saturated heterocycles. The zero-order valence-electron chi connectivity index (χ0n) is 21.0. The summed E-state index contributed by atoms with van der Waals surface area (Å²) in [4.78, 5) is 0. The Balaban J connectivity index is 1.29.